The number of anilines is 2. The smallest absolute Gasteiger partial charge is 0.353 e. The van der Waals surface area contributed by atoms with Crippen molar-refractivity contribution in [1.29, 1.82) is 0 Å². The van der Waals surface area contributed by atoms with E-state index in [-0.39, 0.29) is 17.3 Å². The molecule has 0 aliphatic rings. The fraction of sp³-hybridized carbons (Fsp3) is 0.692. The average Bonchev–Trinajstić information content (AvgIpc) is 2.49. The lowest BCUT2D eigenvalue weighted by Crippen LogP contribution is -2.29. The zero-order valence-corrected chi connectivity index (χ0v) is 12.9. The molecule has 0 amide bonds. The molecule has 0 bridgehead atoms. The number of hydrogen-bond donors (Lipinski definition) is 2. The van der Waals surface area contributed by atoms with Crippen molar-refractivity contribution in [3.05, 3.63) is 16.4 Å². The van der Waals surface area contributed by atoms with Gasteiger partial charge in [0.2, 0.25) is 11.6 Å². The van der Waals surface area contributed by atoms with Crippen molar-refractivity contribution in [2.75, 3.05) is 43.4 Å². The zero-order chi connectivity index (χ0) is 15.7. The Bertz CT molecular complexity index is 450. The minimum atomic E-state index is -0.447. The highest BCUT2D eigenvalue weighted by Crippen LogP contribution is 2.28. The summed E-state index contributed by atoms with van der Waals surface area (Å²) in [7, 11) is 0. The molecule has 1 aromatic heterocycles. The highest BCUT2D eigenvalue weighted by molar-refractivity contribution is 5.69. The normalized spacial score (nSPS) is 10.7. The van der Waals surface area contributed by atoms with Crippen LogP contribution in [0.3, 0.4) is 0 Å². The van der Waals surface area contributed by atoms with Crippen LogP contribution in [0.4, 0.5) is 17.3 Å². The third kappa shape index (κ3) is 5.14. The number of aromatic nitrogens is 2. The molecule has 1 rings (SSSR count). The van der Waals surface area contributed by atoms with Gasteiger partial charge >= 0.3 is 5.69 Å². The van der Waals surface area contributed by atoms with E-state index in [0.717, 1.165) is 26.1 Å². The summed E-state index contributed by atoms with van der Waals surface area (Å²) in [6, 6.07) is 0. The molecule has 0 atom stereocenters. The number of likely N-dealkylation sites (N-methyl/N-ethyl adjacent to an activating group) is 1. The first-order valence-corrected chi connectivity index (χ1v) is 7.33. The van der Waals surface area contributed by atoms with Crippen LogP contribution in [0.25, 0.3) is 0 Å². The first-order chi connectivity index (χ1) is 10.1. The molecule has 0 spiro atoms. The number of nitrogens with one attached hydrogen (secondary N) is 2. The number of nitro groups is 1. The van der Waals surface area contributed by atoms with Crippen molar-refractivity contribution in [3.63, 3.8) is 0 Å². The molecular weight excluding hydrogens is 272 g/mol. The summed E-state index contributed by atoms with van der Waals surface area (Å²) in [5.74, 6) is 0.531. The van der Waals surface area contributed by atoms with Gasteiger partial charge in [0, 0.05) is 19.6 Å². The van der Waals surface area contributed by atoms with Crippen LogP contribution in [0.5, 0.6) is 0 Å². The highest BCUT2D eigenvalue weighted by Gasteiger charge is 2.22. The zero-order valence-electron chi connectivity index (χ0n) is 12.9. The Morgan fingerprint density at radius 2 is 1.71 bits per heavy atom. The van der Waals surface area contributed by atoms with Crippen molar-refractivity contribution < 1.29 is 4.92 Å². The van der Waals surface area contributed by atoms with E-state index in [1.54, 1.807) is 0 Å². The quantitative estimate of drug-likeness (QED) is 0.503. The molecule has 0 radical (unpaired) electrons. The maximum absolute atomic E-state index is 11.3. The summed E-state index contributed by atoms with van der Waals surface area (Å²) >= 11 is 0. The van der Waals surface area contributed by atoms with Gasteiger partial charge in [0.25, 0.3) is 0 Å². The second kappa shape index (κ2) is 9.06. The Hall–Kier alpha value is -1.96. The second-order valence-electron chi connectivity index (χ2n) is 4.56. The van der Waals surface area contributed by atoms with Gasteiger partial charge in [-0.3, -0.25) is 10.1 Å². The van der Waals surface area contributed by atoms with Crippen molar-refractivity contribution in [1.82, 2.24) is 14.9 Å². The lowest BCUT2D eigenvalue weighted by atomic mass is 10.4. The molecule has 8 nitrogen and oxygen atoms in total. The lowest BCUT2D eigenvalue weighted by molar-refractivity contribution is -0.383. The van der Waals surface area contributed by atoms with E-state index < -0.39 is 4.92 Å². The van der Waals surface area contributed by atoms with Gasteiger partial charge in [0.05, 0.1) is 4.92 Å². The van der Waals surface area contributed by atoms with Gasteiger partial charge in [0.15, 0.2) is 0 Å². The van der Waals surface area contributed by atoms with Gasteiger partial charge in [-0.05, 0) is 19.5 Å². The molecule has 1 heterocycles. The van der Waals surface area contributed by atoms with Crippen LogP contribution in [0.2, 0.25) is 0 Å². The van der Waals surface area contributed by atoms with E-state index >= 15 is 0 Å². The van der Waals surface area contributed by atoms with Gasteiger partial charge in [-0.2, -0.15) is 0 Å². The topological polar surface area (TPSA) is 96.2 Å². The monoisotopic (exact) mass is 296 g/mol. The minimum Gasteiger partial charge on any atom is -0.364 e. The third-order valence-corrected chi connectivity index (χ3v) is 3.16. The molecule has 0 unspecified atom stereocenters. The molecular formula is C13H24N6O2. The highest BCUT2D eigenvalue weighted by atomic mass is 16.6. The molecule has 0 saturated heterocycles. The van der Waals surface area contributed by atoms with Crippen LogP contribution in [-0.2, 0) is 0 Å². The summed E-state index contributed by atoms with van der Waals surface area (Å²) < 4.78 is 0. The maximum atomic E-state index is 11.3. The van der Waals surface area contributed by atoms with Gasteiger partial charge in [0.1, 0.15) is 6.33 Å². The van der Waals surface area contributed by atoms with Crippen LogP contribution in [-0.4, -0.2) is 52.5 Å². The number of hydrogen-bond acceptors (Lipinski definition) is 7. The molecule has 0 aliphatic carbocycles. The van der Waals surface area contributed by atoms with Crippen molar-refractivity contribution in [3.8, 4) is 0 Å². The molecule has 118 valence electrons. The van der Waals surface area contributed by atoms with E-state index in [0.29, 0.717) is 13.1 Å². The summed E-state index contributed by atoms with van der Waals surface area (Å²) in [5.41, 5.74) is -0.0921. The number of rotatable bonds is 10. The standard InChI is InChI=1S/C13H24N6O2/c1-4-7-14-12-11(19(20)21)13(17-10-16-12)15-8-9-18(5-2)6-3/h10H,4-9H2,1-3H3,(H2,14,15,16,17). The molecule has 0 aliphatic heterocycles. The Morgan fingerprint density at radius 1 is 1.14 bits per heavy atom. The van der Waals surface area contributed by atoms with E-state index in [9.17, 15) is 10.1 Å². The largest absolute Gasteiger partial charge is 0.364 e. The van der Waals surface area contributed by atoms with Crippen molar-refractivity contribution in [2.24, 2.45) is 0 Å². The predicted molar refractivity (Wildman–Crippen MR) is 83.7 cm³/mol. The summed E-state index contributed by atoms with van der Waals surface area (Å²) in [6.45, 7) is 10.1. The molecule has 21 heavy (non-hydrogen) atoms. The van der Waals surface area contributed by atoms with E-state index in [1.807, 2.05) is 6.92 Å². The molecule has 0 fully saturated rings. The maximum Gasteiger partial charge on any atom is 0.353 e. The Morgan fingerprint density at radius 3 is 2.19 bits per heavy atom. The van der Waals surface area contributed by atoms with Crippen LogP contribution in [0, 0.1) is 10.1 Å². The van der Waals surface area contributed by atoms with Crippen LogP contribution >= 0.6 is 0 Å². The van der Waals surface area contributed by atoms with E-state index in [1.165, 1.54) is 6.33 Å². The minimum absolute atomic E-state index is 0.0921. The second-order valence-corrected chi connectivity index (χ2v) is 4.56. The fourth-order valence-electron chi connectivity index (χ4n) is 1.93. The summed E-state index contributed by atoms with van der Waals surface area (Å²) in [4.78, 5) is 21.0. The summed E-state index contributed by atoms with van der Waals surface area (Å²) in [6.07, 6.45) is 2.20. The molecule has 2 N–H and O–H groups in total. The lowest BCUT2D eigenvalue weighted by Gasteiger charge is -2.18. The average molecular weight is 296 g/mol. The van der Waals surface area contributed by atoms with Crippen LogP contribution in [0.1, 0.15) is 27.2 Å². The third-order valence-electron chi connectivity index (χ3n) is 3.16. The first-order valence-electron chi connectivity index (χ1n) is 7.33. The molecule has 0 saturated carbocycles. The van der Waals surface area contributed by atoms with Crippen molar-refractivity contribution >= 4 is 17.3 Å². The van der Waals surface area contributed by atoms with Crippen LogP contribution in [0.15, 0.2) is 6.33 Å². The van der Waals surface area contributed by atoms with Gasteiger partial charge < -0.3 is 15.5 Å². The van der Waals surface area contributed by atoms with Crippen LogP contribution < -0.4 is 10.6 Å². The Balaban J connectivity index is 2.78. The molecule has 0 aromatic carbocycles. The SMILES string of the molecule is CCCNc1ncnc(NCCN(CC)CC)c1[N+](=O)[O-]. The van der Waals surface area contributed by atoms with Gasteiger partial charge in [-0.25, -0.2) is 9.97 Å². The summed E-state index contributed by atoms with van der Waals surface area (Å²) in [5, 5.41) is 17.2. The Labute approximate surface area is 125 Å². The molecule has 8 heteroatoms. The van der Waals surface area contributed by atoms with E-state index in [4.69, 9.17) is 0 Å². The van der Waals surface area contributed by atoms with Gasteiger partial charge in [-0.1, -0.05) is 20.8 Å². The molecule has 1 aromatic rings. The Kier molecular flexibility index (Phi) is 7.38. The fourth-order valence-corrected chi connectivity index (χ4v) is 1.93. The van der Waals surface area contributed by atoms with E-state index in [2.05, 4.69) is 39.3 Å². The number of nitrogens with zero attached hydrogens (tertiary/aromatic N) is 4. The first kappa shape index (κ1) is 17.1. The predicted octanol–water partition coefficient (Wildman–Crippen LogP) is 1.96. The van der Waals surface area contributed by atoms with Gasteiger partial charge in [-0.15, -0.1) is 0 Å². The van der Waals surface area contributed by atoms with Crippen molar-refractivity contribution in [2.45, 2.75) is 27.2 Å².